The van der Waals surface area contributed by atoms with Crippen molar-refractivity contribution in [2.24, 2.45) is 11.8 Å². The Morgan fingerprint density at radius 3 is 2.42 bits per heavy atom. The van der Waals surface area contributed by atoms with Gasteiger partial charge in [0.15, 0.2) is 0 Å². The summed E-state index contributed by atoms with van der Waals surface area (Å²) in [6, 6.07) is 0. The molecule has 0 amide bonds. The van der Waals surface area contributed by atoms with E-state index in [1.54, 1.807) is 0 Å². The van der Waals surface area contributed by atoms with Crippen LogP contribution < -0.4 is 5.32 Å². The molecule has 0 aromatic rings. The van der Waals surface area contributed by atoms with Gasteiger partial charge in [-0.2, -0.15) is 0 Å². The molecule has 1 rings (SSSR count). The Bertz CT molecular complexity index is 233. The Kier molecular flexibility index (Phi) is 9.14. The lowest BCUT2D eigenvalue weighted by atomic mass is 9.81. The van der Waals surface area contributed by atoms with E-state index in [-0.39, 0.29) is 0 Å². The summed E-state index contributed by atoms with van der Waals surface area (Å²) in [6.07, 6.45) is 11.2. The minimum absolute atomic E-state index is 0.771. The van der Waals surface area contributed by atoms with Crippen LogP contribution in [0.25, 0.3) is 0 Å². The van der Waals surface area contributed by atoms with Gasteiger partial charge >= 0.3 is 0 Å². The minimum Gasteiger partial charge on any atom is -0.377 e. The zero-order valence-electron chi connectivity index (χ0n) is 13.0. The van der Waals surface area contributed by atoms with Crippen LogP contribution in [-0.4, -0.2) is 52.3 Å². The summed E-state index contributed by atoms with van der Waals surface area (Å²) >= 11 is 0. The third-order valence-electron chi connectivity index (χ3n) is 3.97. The molecule has 0 aromatic carbocycles. The first-order valence-corrected chi connectivity index (χ1v) is 7.74. The lowest BCUT2D eigenvalue weighted by Gasteiger charge is -2.28. The lowest BCUT2D eigenvalue weighted by Crippen LogP contribution is -2.21. The Morgan fingerprint density at radius 2 is 1.79 bits per heavy atom. The van der Waals surface area contributed by atoms with Crippen molar-refractivity contribution in [1.82, 2.24) is 10.2 Å². The third-order valence-corrected chi connectivity index (χ3v) is 3.97. The highest BCUT2D eigenvalue weighted by atomic mass is 16.5. The maximum Gasteiger partial charge on any atom is 0.0648 e. The molecule has 1 aliphatic carbocycles. The van der Waals surface area contributed by atoms with Crippen molar-refractivity contribution in [2.75, 3.05) is 47.4 Å². The van der Waals surface area contributed by atoms with Crippen LogP contribution in [0.2, 0.25) is 0 Å². The Hall–Kier alpha value is -0.380. The van der Waals surface area contributed by atoms with Crippen LogP contribution in [0.5, 0.6) is 0 Å². The molecule has 3 heteroatoms. The molecule has 0 unspecified atom stereocenters. The summed E-state index contributed by atoms with van der Waals surface area (Å²) < 4.78 is 5.75. The molecule has 0 aliphatic heterocycles. The van der Waals surface area contributed by atoms with E-state index in [1.165, 1.54) is 38.6 Å². The molecular weight excluding hydrogens is 236 g/mol. The molecular formula is C16H32N2O. The molecule has 0 radical (unpaired) electrons. The second-order valence-corrected chi connectivity index (χ2v) is 6.05. The number of nitrogens with zero attached hydrogens (tertiary/aromatic N) is 1. The summed E-state index contributed by atoms with van der Waals surface area (Å²) in [7, 11) is 6.21. The van der Waals surface area contributed by atoms with Crippen molar-refractivity contribution < 1.29 is 4.74 Å². The van der Waals surface area contributed by atoms with Gasteiger partial charge < -0.3 is 15.0 Å². The van der Waals surface area contributed by atoms with Crippen molar-refractivity contribution in [3.05, 3.63) is 12.2 Å². The van der Waals surface area contributed by atoms with E-state index < -0.39 is 0 Å². The summed E-state index contributed by atoms with van der Waals surface area (Å²) in [5.74, 6) is 1.75. The van der Waals surface area contributed by atoms with E-state index in [0.717, 1.165) is 31.6 Å². The normalized spacial score (nSPS) is 24.4. The van der Waals surface area contributed by atoms with Gasteiger partial charge in [0, 0.05) is 13.2 Å². The van der Waals surface area contributed by atoms with Crippen molar-refractivity contribution in [2.45, 2.75) is 32.1 Å². The van der Waals surface area contributed by atoms with Gasteiger partial charge in [-0.3, -0.25) is 0 Å². The monoisotopic (exact) mass is 268 g/mol. The number of rotatable bonds is 9. The Balaban J connectivity index is 1.99. The highest BCUT2D eigenvalue weighted by Gasteiger charge is 2.20. The average molecular weight is 268 g/mol. The van der Waals surface area contributed by atoms with Crippen molar-refractivity contribution in [1.29, 1.82) is 0 Å². The fourth-order valence-corrected chi connectivity index (χ4v) is 2.69. The topological polar surface area (TPSA) is 24.5 Å². The van der Waals surface area contributed by atoms with Crippen LogP contribution in [-0.2, 0) is 4.74 Å². The van der Waals surface area contributed by atoms with Gasteiger partial charge in [0.05, 0.1) is 6.61 Å². The van der Waals surface area contributed by atoms with E-state index in [4.69, 9.17) is 4.74 Å². The maximum absolute atomic E-state index is 5.75. The van der Waals surface area contributed by atoms with E-state index in [9.17, 15) is 0 Å². The van der Waals surface area contributed by atoms with E-state index in [2.05, 4.69) is 36.5 Å². The number of ether oxygens (including phenoxy) is 1. The molecule has 0 atom stereocenters. The number of hydrogen-bond acceptors (Lipinski definition) is 3. The van der Waals surface area contributed by atoms with Crippen LogP contribution in [0.15, 0.2) is 12.2 Å². The summed E-state index contributed by atoms with van der Waals surface area (Å²) in [4.78, 5) is 2.16. The molecule has 1 saturated carbocycles. The van der Waals surface area contributed by atoms with E-state index in [0.29, 0.717) is 0 Å². The molecule has 0 bridgehead atoms. The Morgan fingerprint density at radius 1 is 1.11 bits per heavy atom. The first-order chi connectivity index (χ1) is 9.22. The summed E-state index contributed by atoms with van der Waals surface area (Å²) in [5, 5.41) is 3.25. The summed E-state index contributed by atoms with van der Waals surface area (Å²) in [5.41, 5.74) is 0. The first-order valence-electron chi connectivity index (χ1n) is 7.74. The van der Waals surface area contributed by atoms with E-state index >= 15 is 0 Å². The highest BCUT2D eigenvalue weighted by molar-refractivity contribution is 4.83. The summed E-state index contributed by atoms with van der Waals surface area (Å²) in [6.45, 7) is 3.89. The van der Waals surface area contributed by atoms with E-state index in [1.807, 2.05) is 7.05 Å². The van der Waals surface area contributed by atoms with Gasteiger partial charge in [0.25, 0.3) is 0 Å². The molecule has 1 fully saturated rings. The SMILES string of the molecule is CNCCC1CCC(COC/C=C/CN(C)C)CC1. The standard InChI is InChI=1S/C16H32N2O/c1-17-11-10-15-6-8-16(9-7-15)14-19-13-5-4-12-18(2)3/h4-5,15-17H,6-14H2,1-3H3/b5-4+. The average Bonchev–Trinajstić information content (AvgIpc) is 2.41. The maximum atomic E-state index is 5.75. The second-order valence-electron chi connectivity index (χ2n) is 6.05. The number of hydrogen-bond donors (Lipinski definition) is 1. The van der Waals surface area contributed by atoms with Crippen molar-refractivity contribution in [3.8, 4) is 0 Å². The first kappa shape index (κ1) is 16.7. The second kappa shape index (κ2) is 10.4. The Labute approximate surface area is 119 Å². The van der Waals surface area contributed by atoms with Gasteiger partial charge in [0.1, 0.15) is 0 Å². The van der Waals surface area contributed by atoms with Crippen LogP contribution in [0.1, 0.15) is 32.1 Å². The van der Waals surface area contributed by atoms with Crippen LogP contribution in [0, 0.1) is 11.8 Å². The van der Waals surface area contributed by atoms with Crippen molar-refractivity contribution >= 4 is 0 Å². The molecule has 0 spiro atoms. The van der Waals surface area contributed by atoms with Crippen LogP contribution in [0.3, 0.4) is 0 Å². The van der Waals surface area contributed by atoms with Gasteiger partial charge in [-0.25, -0.2) is 0 Å². The molecule has 1 aliphatic rings. The predicted molar refractivity (Wildman–Crippen MR) is 82.5 cm³/mol. The fraction of sp³-hybridized carbons (Fsp3) is 0.875. The van der Waals surface area contributed by atoms with Gasteiger partial charge in [0.2, 0.25) is 0 Å². The van der Waals surface area contributed by atoms with Crippen LogP contribution in [0.4, 0.5) is 0 Å². The van der Waals surface area contributed by atoms with Gasteiger partial charge in [-0.15, -0.1) is 0 Å². The van der Waals surface area contributed by atoms with Crippen LogP contribution >= 0.6 is 0 Å². The highest BCUT2D eigenvalue weighted by Crippen LogP contribution is 2.30. The quantitative estimate of drug-likeness (QED) is 0.514. The molecule has 112 valence electrons. The number of nitrogens with one attached hydrogen (secondary N) is 1. The molecule has 3 nitrogen and oxygen atoms in total. The van der Waals surface area contributed by atoms with Crippen molar-refractivity contribution in [3.63, 3.8) is 0 Å². The van der Waals surface area contributed by atoms with Gasteiger partial charge in [-0.1, -0.05) is 25.0 Å². The smallest absolute Gasteiger partial charge is 0.0648 e. The molecule has 0 saturated heterocycles. The molecule has 1 N–H and O–H groups in total. The number of likely N-dealkylation sites (N-methyl/N-ethyl adjacent to an activating group) is 1. The largest absolute Gasteiger partial charge is 0.377 e. The lowest BCUT2D eigenvalue weighted by molar-refractivity contribution is 0.0950. The third kappa shape index (κ3) is 8.40. The zero-order valence-corrected chi connectivity index (χ0v) is 13.0. The molecule has 19 heavy (non-hydrogen) atoms. The minimum atomic E-state index is 0.771. The molecule has 0 heterocycles. The zero-order chi connectivity index (χ0) is 13.9. The fourth-order valence-electron chi connectivity index (χ4n) is 2.69. The predicted octanol–water partition coefficient (Wildman–Crippen LogP) is 2.54. The molecule has 0 aromatic heterocycles. The van der Waals surface area contributed by atoms with Gasteiger partial charge in [-0.05, 0) is 58.8 Å².